The molecule has 0 saturated carbocycles. The molecule has 0 aliphatic rings. The van der Waals surface area contributed by atoms with Crippen molar-refractivity contribution < 1.29 is 9.66 Å². The van der Waals surface area contributed by atoms with Crippen molar-refractivity contribution >= 4 is 39.8 Å². The van der Waals surface area contributed by atoms with Gasteiger partial charge in [-0.05, 0) is 31.2 Å². The lowest BCUT2D eigenvalue weighted by atomic mass is 10.2. The fraction of sp³-hybridized carbons (Fsp3) is 0.0526. The second-order valence-electron chi connectivity index (χ2n) is 6.00. The Morgan fingerprint density at radius 1 is 1.10 bits per heavy atom. The van der Waals surface area contributed by atoms with Gasteiger partial charge < -0.3 is 10.1 Å². The van der Waals surface area contributed by atoms with Crippen LogP contribution >= 0.6 is 11.6 Å². The summed E-state index contributed by atoms with van der Waals surface area (Å²) < 4.78 is 5.80. The highest BCUT2D eigenvalue weighted by atomic mass is 35.5. The zero-order chi connectivity index (χ0) is 20.4. The molecule has 1 N–H and O–H groups in total. The van der Waals surface area contributed by atoms with E-state index < -0.39 is 10.6 Å². The number of nitrogens with one attached hydrogen (secondary N) is 1. The van der Waals surface area contributed by atoms with Crippen molar-refractivity contribution in [2.45, 2.75) is 6.92 Å². The molecule has 0 aliphatic carbocycles. The molecule has 0 radical (unpaired) electrons. The lowest BCUT2D eigenvalue weighted by Crippen LogP contribution is -2.04. The average Bonchev–Trinajstić information content (AvgIpc) is 2.70. The second-order valence-corrected chi connectivity index (χ2v) is 6.44. The molecule has 4 aromatic rings. The Balaban J connectivity index is 1.76. The molecule has 0 amide bonds. The van der Waals surface area contributed by atoms with E-state index in [0.29, 0.717) is 22.1 Å². The maximum Gasteiger partial charge on any atom is 0.373 e. The van der Waals surface area contributed by atoms with Crippen molar-refractivity contribution in [3.8, 4) is 11.6 Å². The molecule has 144 valence electrons. The van der Waals surface area contributed by atoms with Crippen molar-refractivity contribution in [3.05, 3.63) is 75.8 Å². The minimum absolute atomic E-state index is 0.0563. The number of nitrogens with zero attached hydrogens (tertiary/aromatic N) is 5. The van der Waals surface area contributed by atoms with Crippen molar-refractivity contribution in [2.24, 2.45) is 0 Å². The number of ether oxygens (including phenoxy) is 1. The van der Waals surface area contributed by atoms with Gasteiger partial charge in [0.1, 0.15) is 17.7 Å². The van der Waals surface area contributed by atoms with Crippen LogP contribution in [0.25, 0.3) is 10.9 Å². The van der Waals surface area contributed by atoms with Crippen LogP contribution in [-0.4, -0.2) is 24.9 Å². The van der Waals surface area contributed by atoms with Crippen LogP contribution in [0.2, 0.25) is 5.02 Å². The molecular formula is C19H13ClN6O3. The van der Waals surface area contributed by atoms with Crippen LogP contribution in [0.3, 0.4) is 0 Å². The molecule has 10 heteroatoms. The predicted octanol–water partition coefficient (Wildman–Crippen LogP) is 4.83. The standard InChI is InChI=1S/C19H13ClN6O3/c1-11-5-6-12-3-2-4-14(16(12)24-11)29-19-17(26(27)28)18(22-10-23-19)25-15-8-7-13(20)9-21-15/h2-10H,1H3,(H,21,22,23,25). The number of nitro groups is 1. The van der Waals surface area contributed by atoms with Gasteiger partial charge in [-0.3, -0.25) is 10.1 Å². The third-order valence-corrected chi connectivity index (χ3v) is 4.20. The smallest absolute Gasteiger partial charge is 0.373 e. The van der Waals surface area contributed by atoms with Gasteiger partial charge in [0.25, 0.3) is 0 Å². The lowest BCUT2D eigenvalue weighted by Gasteiger charge is -2.10. The van der Waals surface area contributed by atoms with Gasteiger partial charge in [0.15, 0.2) is 5.75 Å². The molecular weight excluding hydrogens is 396 g/mol. The van der Waals surface area contributed by atoms with Gasteiger partial charge in [0.2, 0.25) is 5.82 Å². The number of halogens is 1. The van der Waals surface area contributed by atoms with Gasteiger partial charge in [0, 0.05) is 17.3 Å². The van der Waals surface area contributed by atoms with Crippen molar-refractivity contribution in [3.63, 3.8) is 0 Å². The third kappa shape index (κ3) is 3.90. The van der Waals surface area contributed by atoms with Crippen LogP contribution in [0.4, 0.5) is 17.3 Å². The zero-order valence-corrected chi connectivity index (χ0v) is 15.8. The summed E-state index contributed by atoms with van der Waals surface area (Å²) in [5, 5.41) is 15.8. The van der Waals surface area contributed by atoms with Crippen LogP contribution in [-0.2, 0) is 0 Å². The minimum atomic E-state index is -0.614. The maximum absolute atomic E-state index is 11.7. The fourth-order valence-corrected chi connectivity index (χ4v) is 2.78. The summed E-state index contributed by atoms with van der Waals surface area (Å²) in [5.41, 5.74) is 0.949. The van der Waals surface area contributed by atoms with Crippen LogP contribution in [0.15, 0.2) is 55.0 Å². The van der Waals surface area contributed by atoms with E-state index in [9.17, 15) is 10.1 Å². The first-order chi connectivity index (χ1) is 14.0. The monoisotopic (exact) mass is 408 g/mol. The van der Waals surface area contributed by atoms with E-state index >= 15 is 0 Å². The van der Waals surface area contributed by atoms with Crippen LogP contribution < -0.4 is 10.1 Å². The number of fused-ring (bicyclic) bond motifs is 1. The first-order valence-electron chi connectivity index (χ1n) is 8.43. The number of anilines is 2. The number of rotatable bonds is 5. The normalized spacial score (nSPS) is 10.7. The summed E-state index contributed by atoms with van der Waals surface area (Å²) in [6.07, 6.45) is 2.59. The van der Waals surface area contributed by atoms with Gasteiger partial charge in [-0.15, -0.1) is 0 Å². The van der Waals surface area contributed by atoms with Gasteiger partial charge in [-0.25, -0.2) is 15.0 Å². The summed E-state index contributed by atoms with van der Waals surface area (Å²) >= 11 is 5.82. The van der Waals surface area contributed by atoms with Gasteiger partial charge in [0.05, 0.1) is 9.95 Å². The zero-order valence-electron chi connectivity index (χ0n) is 15.0. The van der Waals surface area contributed by atoms with E-state index in [2.05, 4.69) is 25.3 Å². The average molecular weight is 409 g/mol. The topological polar surface area (TPSA) is 116 Å². The third-order valence-electron chi connectivity index (χ3n) is 3.97. The van der Waals surface area contributed by atoms with E-state index in [4.69, 9.17) is 16.3 Å². The number of hydrogen-bond acceptors (Lipinski definition) is 8. The molecule has 0 atom stereocenters. The molecule has 9 nitrogen and oxygen atoms in total. The molecule has 0 aliphatic heterocycles. The highest BCUT2D eigenvalue weighted by molar-refractivity contribution is 6.30. The first-order valence-corrected chi connectivity index (χ1v) is 8.81. The Labute approximate surface area is 169 Å². The first kappa shape index (κ1) is 18.5. The number of benzene rings is 1. The maximum atomic E-state index is 11.7. The molecule has 0 saturated heterocycles. The van der Waals surface area contributed by atoms with E-state index in [1.54, 1.807) is 24.3 Å². The van der Waals surface area contributed by atoms with Gasteiger partial charge in [-0.1, -0.05) is 29.8 Å². The quantitative estimate of drug-likeness (QED) is 0.369. The Hall–Kier alpha value is -3.85. The lowest BCUT2D eigenvalue weighted by molar-refractivity contribution is -0.385. The van der Waals surface area contributed by atoms with E-state index in [0.717, 1.165) is 11.1 Å². The van der Waals surface area contributed by atoms with Crippen LogP contribution in [0.5, 0.6) is 11.6 Å². The van der Waals surface area contributed by atoms with E-state index in [1.165, 1.54) is 12.5 Å². The molecule has 3 heterocycles. The molecule has 3 aromatic heterocycles. The summed E-state index contributed by atoms with van der Waals surface area (Å²) in [7, 11) is 0. The Morgan fingerprint density at radius 2 is 1.97 bits per heavy atom. The summed E-state index contributed by atoms with van der Waals surface area (Å²) in [6, 6.07) is 12.3. The van der Waals surface area contributed by atoms with E-state index in [1.807, 2.05) is 25.1 Å². The summed E-state index contributed by atoms with van der Waals surface area (Å²) in [6.45, 7) is 1.85. The minimum Gasteiger partial charge on any atom is -0.431 e. The number of aryl methyl sites for hydroxylation is 1. The number of hydrogen-bond donors (Lipinski definition) is 1. The number of pyridine rings is 2. The van der Waals surface area contributed by atoms with Crippen molar-refractivity contribution in [1.29, 1.82) is 0 Å². The molecule has 0 unspecified atom stereocenters. The number of aromatic nitrogens is 4. The molecule has 0 bridgehead atoms. The highest BCUT2D eigenvalue weighted by Gasteiger charge is 2.26. The Morgan fingerprint density at radius 3 is 2.72 bits per heavy atom. The summed E-state index contributed by atoms with van der Waals surface area (Å²) in [4.78, 5) is 27.6. The molecule has 1 aromatic carbocycles. The van der Waals surface area contributed by atoms with Crippen LogP contribution in [0, 0.1) is 17.0 Å². The van der Waals surface area contributed by atoms with Crippen LogP contribution in [0.1, 0.15) is 5.69 Å². The van der Waals surface area contributed by atoms with Gasteiger partial charge >= 0.3 is 11.6 Å². The predicted molar refractivity (Wildman–Crippen MR) is 108 cm³/mol. The van der Waals surface area contributed by atoms with Crippen molar-refractivity contribution in [2.75, 3.05) is 5.32 Å². The Bertz CT molecular complexity index is 1220. The largest absolute Gasteiger partial charge is 0.431 e. The summed E-state index contributed by atoms with van der Waals surface area (Å²) in [5.74, 6) is 0.421. The fourth-order valence-electron chi connectivity index (χ4n) is 2.67. The number of para-hydroxylation sites is 1. The second kappa shape index (κ2) is 7.64. The highest BCUT2D eigenvalue weighted by Crippen LogP contribution is 2.37. The molecule has 0 fully saturated rings. The Kier molecular flexibility index (Phi) is 4.88. The molecule has 4 rings (SSSR count). The molecule has 29 heavy (non-hydrogen) atoms. The SMILES string of the molecule is Cc1ccc2cccc(Oc3ncnc(Nc4ccc(Cl)cn4)c3[N+](=O)[O-])c2n1. The van der Waals surface area contributed by atoms with E-state index in [-0.39, 0.29) is 11.7 Å². The molecule has 0 spiro atoms. The van der Waals surface area contributed by atoms with Gasteiger partial charge in [-0.2, -0.15) is 4.98 Å². The van der Waals surface area contributed by atoms with Crippen molar-refractivity contribution in [1.82, 2.24) is 19.9 Å².